The van der Waals surface area contributed by atoms with E-state index in [-0.39, 0.29) is 40.9 Å². The lowest BCUT2D eigenvalue weighted by Crippen LogP contribution is -2.57. The Labute approximate surface area is 237 Å². The van der Waals surface area contributed by atoms with E-state index in [1.807, 2.05) is 6.92 Å². The number of amides is 1. The number of carbonyl (C=O) groups excluding carboxylic acids is 3. The summed E-state index contributed by atoms with van der Waals surface area (Å²) in [6.07, 6.45) is 3.33. The molecule has 0 spiro atoms. The van der Waals surface area contributed by atoms with Gasteiger partial charge in [0.05, 0.1) is 0 Å². The number of aryl methyl sites for hydroxylation is 1. The summed E-state index contributed by atoms with van der Waals surface area (Å²) >= 11 is 0. The summed E-state index contributed by atoms with van der Waals surface area (Å²) in [5.74, 6) is -5.01. The first-order valence-corrected chi connectivity index (χ1v) is 14.5. The summed E-state index contributed by atoms with van der Waals surface area (Å²) in [4.78, 5) is 39.3. The third-order valence-corrected chi connectivity index (χ3v) is 10.4. The van der Waals surface area contributed by atoms with Crippen LogP contribution in [0.1, 0.15) is 113 Å². The zero-order valence-corrected chi connectivity index (χ0v) is 25.2. The highest BCUT2D eigenvalue weighted by Gasteiger charge is 2.59. The van der Waals surface area contributed by atoms with Gasteiger partial charge in [0.25, 0.3) is 5.91 Å². The van der Waals surface area contributed by atoms with Crippen LogP contribution in [0, 0.1) is 29.6 Å². The fourth-order valence-electron chi connectivity index (χ4n) is 6.83. The minimum atomic E-state index is -2.47. The molecule has 3 atom stereocenters. The van der Waals surface area contributed by atoms with E-state index in [2.05, 4.69) is 54.5 Å². The SMILES string of the molecule is Cc1c(CCCC(C)(C)C(C)(C)C)cc(C(C)C)c2c1C(=O)C1=C(O)[C@]3(O)C(=O)C(C(N)=O)=C(O)C[C@@H]3C[C@@H]1C2. The molecule has 4 rings (SSSR count). The van der Waals surface area contributed by atoms with E-state index in [0.29, 0.717) is 12.0 Å². The fraction of sp³-hybridized carbons (Fsp3) is 0.606. The summed E-state index contributed by atoms with van der Waals surface area (Å²) in [6.45, 7) is 17.5. The van der Waals surface area contributed by atoms with Gasteiger partial charge in [-0.05, 0) is 83.9 Å². The quantitative estimate of drug-likeness (QED) is 0.335. The molecule has 0 saturated carbocycles. The maximum atomic E-state index is 14.2. The lowest BCUT2D eigenvalue weighted by atomic mass is 9.59. The van der Waals surface area contributed by atoms with Gasteiger partial charge in [-0.3, -0.25) is 14.4 Å². The Kier molecular flexibility index (Phi) is 7.41. The van der Waals surface area contributed by atoms with Crippen LogP contribution >= 0.6 is 0 Å². The number of hydrogen-bond acceptors (Lipinski definition) is 6. The average molecular weight is 552 g/mol. The van der Waals surface area contributed by atoms with Crippen molar-refractivity contribution in [2.45, 2.75) is 105 Å². The van der Waals surface area contributed by atoms with Crippen molar-refractivity contribution in [1.82, 2.24) is 0 Å². The van der Waals surface area contributed by atoms with Crippen LogP contribution in [0.2, 0.25) is 0 Å². The van der Waals surface area contributed by atoms with Crippen molar-refractivity contribution in [3.63, 3.8) is 0 Å². The Bertz CT molecular complexity index is 1360. The normalized spacial score (nSPS) is 25.2. The molecule has 7 heteroatoms. The van der Waals surface area contributed by atoms with Crippen LogP contribution < -0.4 is 5.73 Å². The molecule has 0 bridgehead atoms. The molecule has 1 amide bonds. The smallest absolute Gasteiger partial charge is 0.255 e. The molecule has 7 nitrogen and oxygen atoms in total. The van der Waals surface area contributed by atoms with Crippen LogP contribution in [-0.2, 0) is 22.4 Å². The monoisotopic (exact) mass is 551 g/mol. The highest BCUT2D eigenvalue weighted by Crippen LogP contribution is 2.52. The Balaban J connectivity index is 1.79. The number of carbonyl (C=O) groups is 3. The maximum Gasteiger partial charge on any atom is 0.255 e. The number of allylic oxidation sites excluding steroid dienone is 2. The van der Waals surface area contributed by atoms with E-state index >= 15 is 0 Å². The highest BCUT2D eigenvalue weighted by atomic mass is 16.3. The van der Waals surface area contributed by atoms with Crippen molar-refractivity contribution in [2.75, 3.05) is 0 Å². The van der Waals surface area contributed by atoms with Gasteiger partial charge in [-0.1, -0.05) is 54.5 Å². The molecule has 0 unspecified atom stereocenters. The first-order chi connectivity index (χ1) is 18.3. The molecule has 0 aliphatic heterocycles. The molecule has 0 aromatic heterocycles. The third kappa shape index (κ3) is 4.50. The largest absolute Gasteiger partial charge is 0.511 e. The number of fused-ring (bicyclic) bond motifs is 3. The highest BCUT2D eigenvalue weighted by molar-refractivity contribution is 6.24. The number of benzene rings is 1. The van der Waals surface area contributed by atoms with Gasteiger partial charge in [0.1, 0.15) is 17.1 Å². The number of primary amides is 1. The summed E-state index contributed by atoms with van der Waals surface area (Å²) in [6, 6.07) is 2.24. The molecule has 40 heavy (non-hydrogen) atoms. The van der Waals surface area contributed by atoms with Crippen molar-refractivity contribution in [1.29, 1.82) is 0 Å². The fourth-order valence-corrected chi connectivity index (χ4v) is 6.83. The molecule has 0 radical (unpaired) electrons. The first-order valence-electron chi connectivity index (χ1n) is 14.5. The van der Waals surface area contributed by atoms with Gasteiger partial charge < -0.3 is 21.1 Å². The van der Waals surface area contributed by atoms with Gasteiger partial charge in [-0.2, -0.15) is 0 Å². The number of Topliss-reactive ketones (excluding diaryl/α,β-unsaturated/α-hetero) is 2. The van der Waals surface area contributed by atoms with Crippen molar-refractivity contribution in [3.05, 3.63) is 56.5 Å². The molecular weight excluding hydrogens is 506 g/mol. The zero-order chi connectivity index (χ0) is 30.1. The lowest BCUT2D eigenvalue weighted by Gasteiger charge is -2.46. The van der Waals surface area contributed by atoms with Gasteiger partial charge >= 0.3 is 0 Å². The van der Waals surface area contributed by atoms with Crippen molar-refractivity contribution < 1.29 is 29.7 Å². The Morgan fingerprint density at radius 3 is 2.30 bits per heavy atom. The van der Waals surface area contributed by atoms with E-state index in [9.17, 15) is 29.7 Å². The third-order valence-electron chi connectivity index (χ3n) is 10.4. The van der Waals surface area contributed by atoms with Crippen LogP contribution in [-0.4, -0.2) is 38.4 Å². The Morgan fingerprint density at radius 1 is 1.12 bits per heavy atom. The number of ketones is 2. The van der Waals surface area contributed by atoms with E-state index < -0.39 is 46.2 Å². The predicted molar refractivity (Wildman–Crippen MR) is 154 cm³/mol. The van der Waals surface area contributed by atoms with E-state index in [0.717, 1.165) is 41.5 Å². The number of aliphatic hydroxyl groups excluding tert-OH is 2. The van der Waals surface area contributed by atoms with E-state index in [4.69, 9.17) is 5.73 Å². The predicted octanol–water partition coefficient (Wildman–Crippen LogP) is 5.70. The summed E-state index contributed by atoms with van der Waals surface area (Å²) in [5, 5.41) is 33.3. The van der Waals surface area contributed by atoms with Crippen LogP contribution in [0.5, 0.6) is 0 Å². The number of hydrogen-bond donors (Lipinski definition) is 4. The van der Waals surface area contributed by atoms with Crippen molar-refractivity contribution >= 4 is 17.5 Å². The second kappa shape index (κ2) is 9.86. The van der Waals surface area contributed by atoms with Crippen molar-refractivity contribution in [3.8, 4) is 0 Å². The second-order valence-corrected chi connectivity index (χ2v) is 14.2. The average Bonchev–Trinajstić information content (AvgIpc) is 2.81. The standard InChI is InChI=1S/C33H45NO6/c1-16(2)21-13-18(10-9-11-32(7,8)31(4,5)6)17(3)24-22(21)14-19-12-20-15-23(35)26(30(34)39)29(38)33(20,40)28(37)25(19)27(24)36/h13,16,19-20,35,37,40H,9-12,14-15H2,1-8H3,(H2,34,39)/t19-,20+,33+/m1/s1. The molecule has 0 fully saturated rings. The molecule has 0 saturated heterocycles. The number of nitrogens with two attached hydrogens (primary N) is 1. The van der Waals surface area contributed by atoms with Gasteiger partial charge in [-0.25, -0.2) is 0 Å². The van der Waals surface area contributed by atoms with Gasteiger partial charge in [-0.15, -0.1) is 0 Å². The molecule has 3 aliphatic carbocycles. The number of rotatable bonds is 6. The van der Waals surface area contributed by atoms with Crippen LogP contribution in [0.25, 0.3) is 0 Å². The Morgan fingerprint density at radius 2 is 1.75 bits per heavy atom. The van der Waals surface area contributed by atoms with Crippen molar-refractivity contribution in [2.24, 2.45) is 28.4 Å². The second-order valence-electron chi connectivity index (χ2n) is 14.2. The van der Waals surface area contributed by atoms with Crippen LogP contribution in [0.15, 0.2) is 28.7 Å². The summed E-state index contributed by atoms with van der Waals surface area (Å²) in [5.41, 5.74) is 7.05. The van der Waals surface area contributed by atoms with Gasteiger partial charge in [0.15, 0.2) is 11.4 Å². The summed E-state index contributed by atoms with van der Waals surface area (Å²) in [7, 11) is 0. The van der Waals surface area contributed by atoms with Gasteiger partial charge in [0.2, 0.25) is 5.78 Å². The molecule has 218 valence electrons. The molecular formula is C33H45NO6. The number of aliphatic hydroxyl groups is 3. The first kappa shape index (κ1) is 30.0. The van der Waals surface area contributed by atoms with Gasteiger partial charge in [0, 0.05) is 23.5 Å². The molecule has 3 aliphatic rings. The van der Waals surface area contributed by atoms with Crippen LogP contribution in [0.3, 0.4) is 0 Å². The lowest BCUT2D eigenvalue weighted by molar-refractivity contribution is -0.144. The molecule has 5 N–H and O–H groups in total. The molecule has 1 aromatic carbocycles. The minimum absolute atomic E-state index is 0.0358. The molecule has 0 heterocycles. The topological polar surface area (TPSA) is 138 Å². The van der Waals surface area contributed by atoms with E-state index in [1.165, 1.54) is 0 Å². The zero-order valence-electron chi connectivity index (χ0n) is 25.2. The molecule has 1 aromatic rings. The Hall–Kier alpha value is -2.93. The summed E-state index contributed by atoms with van der Waals surface area (Å²) < 4.78 is 0. The van der Waals surface area contributed by atoms with E-state index in [1.54, 1.807) is 0 Å². The maximum absolute atomic E-state index is 14.2. The minimum Gasteiger partial charge on any atom is -0.511 e. The van der Waals surface area contributed by atoms with Crippen LogP contribution in [0.4, 0.5) is 0 Å².